The van der Waals surface area contributed by atoms with Crippen molar-refractivity contribution in [3.63, 3.8) is 0 Å². The Morgan fingerprint density at radius 3 is 2.61 bits per heavy atom. The number of pyridine rings is 2. The third-order valence-electron chi connectivity index (χ3n) is 7.27. The molecule has 196 valence electrons. The molecule has 38 heavy (non-hydrogen) atoms. The summed E-state index contributed by atoms with van der Waals surface area (Å²) in [6, 6.07) is 6.48. The van der Waals surface area contributed by atoms with Crippen molar-refractivity contribution in [1.82, 2.24) is 29.4 Å². The zero-order chi connectivity index (χ0) is 26.3. The first-order valence-corrected chi connectivity index (χ1v) is 13.4. The Balaban J connectivity index is 1.20. The molecular weight excluding hydrogens is 478 g/mol. The van der Waals surface area contributed by atoms with E-state index in [-0.39, 0.29) is 6.09 Å². The van der Waals surface area contributed by atoms with Crippen LogP contribution in [0.15, 0.2) is 49.1 Å². The number of nitrogens with zero attached hydrogens (tertiary/aromatic N) is 6. The predicted octanol–water partition coefficient (Wildman–Crippen LogP) is 6.26. The number of nitrogens with one attached hydrogen (secondary N) is 1. The minimum atomic E-state index is -0.494. The number of aromatic nitrogens is 5. The quantitative estimate of drug-likeness (QED) is 0.345. The van der Waals surface area contributed by atoms with Crippen molar-refractivity contribution in [1.29, 1.82) is 0 Å². The standard InChI is InChI=1S/C29H33N7O2/c1-29(2,3)38-28(37)35-14-11-19(12-15-35)20-8-9-25(31-16-20)33-27-32-17-23-22-10-13-30-18-24(22)36(26(23)34-27)21-6-4-5-7-21/h8-11,13,16-18,21H,4-7,12,14-15H2,1-3H3,(H,31,32,33,34). The lowest BCUT2D eigenvalue weighted by atomic mass is 10.0. The molecule has 0 spiro atoms. The summed E-state index contributed by atoms with van der Waals surface area (Å²) in [6.45, 7) is 6.80. The third kappa shape index (κ3) is 4.80. The van der Waals surface area contributed by atoms with Crippen molar-refractivity contribution in [2.45, 2.75) is 64.5 Å². The lowest BCUT2D eigenvalue weighted by Gasteiger charge is -2.29. The van der Waals surface area contributed by atoms with Crippen LogP contribution >= 0.6 is 0 Å². The summed E-state index contributed by atoms with van der Waals surface area (Å²) < 4.78 is 7.84. The van der Waals surface area contributed by atoms with Gasteiger partial charge in [0.2, 0.25) is 5.95 Å². The zero-order valence-corrected chi connectivity index (χ0v) is 22.1. The maximum absolute atomic E-state index is 12.3. The number of carbonyl (C=O) groups excluding carboxylic acids is 1. The number of ether oxygens (including phenoxy) is 1. The van der Waals surface area contributed by atoms with E-state index in [4.69, 9.17) is 9.72 Å². The Kier molecular flexibility index (Phi) is 6.21. The normalized spacial score (nSPS) is 16.7. The van der Waals surface area contributed by atoms with Crippen LogP contribution in [0.5, 0.6) is 0 Å². The Hall–Kier alpha value is -4.01. The van der Waals surface area contributed by atoms with E-state index < -0.39 is 5.60 Å². The molecule has 5 heterocycles. The Bertz CT molecular complexity index is 1510. The summed E-state index contributed by atoms with van der Waals surface area (Å²) in [7, 11) is 0. The van der Waals surface area contributed by atoms with Gasteiger partial charge in [0.1, 0.15) is 17.1 Å². The van der Waals surface area contributed by atoms with Gasteiger partial charge >= 0.3 is 6.09 Å². The molecule has 1 amide bonds. The lowest BCUT2D eigenvalue weighted by Crippen LogP contribution is -2.39. The van der Waals surface area contributed by atoms with E-state index in [9.17, 15) is 4.79 Å². The van der Waals surface area contributed by atoms with E-state index in [0.717, 1.165) is 46.8 Å². The average molecular weight is 512 g/mol. The highest BCUT2D eigenvalue weighted by Crippen LogP contribution is 2.37. The van der Waals surface area contributed by atoms with Crippen molar-refractivity contribution in [3.8, 4) is 0 Å². The number of hydrogen-bond donors (Lipinski definition) is 1. The maximum Gasteiger partial charge on any atom is 0.410 e. The van der Waals surface area contributed by atoms with Crippen molar-refractivity contribution in [2.24, 2.45) is 0 Å². The van der Waals surface area contributed by atoms with Crippen LogP contribution in [0, 0.1) is 0 Å². The number of hydrogen-bond acceptors (Lipinski definition) is 7. The molecule has 0 aromatic carbocycles. The Labute approximate surface area is 222 Å². The van der Waals surface area contributed by atoms with E-state index in [1.165, 1.54) is 18.4 Å². The smallest absolute Gasteiger partial charge is 0.410 e. The second-order valence-electron chi connectivity index (χ2n) is 11.1. The molecular formula is C29H33N7O2. The lowest BCUT2D eigenvalue weighted by molar-refractivity contribution is 0.0270. The first-order chi connectivity index (χ1) is 18.4. The molecule has 1 saturated carbocycles. The van der Waals surface area contributed by atoms with Gasteiger partial charge in [0.15, 0.2) is 0 Å². The van der Waals surface area contributed by atoms with Crippen molar-refractivity contribution in [2.75, 3.05) is 18.4 Å². The van der Waals surface area contributed by atoms with Crippen LogP contribution in [-0.2, 0) is 4.74 Å². The number of anilines is 2. The van der Waals surface area contributed by atoms with Gasteiger partial charge in [-0.15, -0.1) is 0 Å². The van der Waals surface area contributed by atoms with E-state index >= 15 is 0 Å². The van der Waals surface area contributed by atoms with Gasteiger partial charge in [-0.3, -0.25) is 4.98 Å². The van der Waals surface area contributed by atoms with Crippen molar-refractivity contribution >= 4 is 45.4 Å². The fraction of sp³-hybridized carbons (Fsp3) is 0.414. The molecule has 0 unspecified atom stereocenters. The Morgan fingerprint density at radius 1 is 1.05 bits per heavy atom. The molecule has 0 bridgehead atoms. The number of amides is 1. The van der Waals surface area contributed by atoms with Gasteiger partial charge in [-0.05, 0) is 69.4 Å². The predicted molar refractivity (Wildman–Crippen MR) is 148 cm³/mol. The van der Waals surface area contributed by atoms with E-state index in [1.54, 1.807) is 4.90 Å². The van der Waals surface area contributed by atoms with Crippen LogP contribution in [-0.4, -0.2) is 54.2 Å². The molecule has 0 saturated heterocycles. The van der Waals surface area contributed by atoms with Gasteiger partial charge in [-0.25, -0.2) is 14.8 Å². The van der Waals surface area contributed by atoms with Crippen molar-refractivity contribution < 1.29 is 9.53 Å². The van der Waals surface area contributed by atoms with Crippen LogP contribution in [0.1, 0.15) is 64.5 Å². The molecule has 9 nitrogen and oxygen atoms in total. The molecule has 0 atom stereocenters. The molecule has 0 radical (unpaired) electrons. The molecule has 2 aliphatic rings. The average Bonchev–Trinajstić information content (AvgIpc) is 3.54. The van der Waals surface area contributed by atoms with E-state index in [1.807, 2.05) is 63.8 Å². The largest absolute Gasteiger partial charge is 0.444 e. The highest BCUT2D eigenvalue weighted by atomic mass is 16.6. The van der Waals surface area contributed by atoms with Gasteiger partial charge in [0, 0.05) is 48.5 Å². The molecule has 1 aliphatic heterocycles. The highest BCUT2D eigenvalue weighted by Gasteiger charge is 2.25. The summed E-state index contributed by atoms with van der Waals surface area (Å²) in [4.78, 5) is 32.6. The summed E-state index contributed by atoms with van der Waals surface area (Å²) in [5.41, 5.74) is 3.79. The maximum atomic E-state index is 12.3. The third-order valence-corrected chi connectivity index (χ3v) is 7.27. The molecule has 1 fully saturated rings. The van der Waals surface area contributed by atoms with Crippen LogP contribution in [0.25, 0.3) is 27.5 Å². The van der Waals surface area contributed by atoms with Crippen LogP contribution in [0.4, 0.5) is 16.6 Å². The molecule has 4 aromatic heterocycles. The minimum Gasteiger partial charge on any atom is -0.444 e. The van der Waals surface area contributed by atoms with Gasteiger partial charge in [-0.1, -0.05) is 18.9 Å². The van der Waals surface area contributed by atoms with Crippen LogP contribution in [0.2, 0.25) is 0 Å². The number of carbonyl (C=O) groups is 1. The van der Waals surface area contributed by atoms with Gasteiger partial charge in [0.05, 0.1) is 11.7 Å². The fourth-order valence-corrected chi connectivity index (χ4v) is 5.45. The molecule has 1 N–H and O–H groups in total. The van der Waals surface area contributed by atoms with Crippen molar-refractivity contribution in [3.05, 3.63) is 54.6 Å². The number of rotatable bonds is 4. The van der Waals surface area contributed by atoms with Crippen LogP contribution < -0.4 is 5.32 Å². The van der Waals surface area contributed by atoms with Gasteiger partial charge in [0.25, 0.3) is 0 Å². The molecule has 1 aliphatic carbocycles. The Morgan fingerprint density at radius 2 is 1.89 bits per heavy atom. The summed E-state index contributed by atoms with van der Waals surface area (Å²) in [5, 5.41) is 5.47. The number of fused-ring (bicyclic) bond motifs is 3. The zero-order valence-electron chi connectivity index (χ0n) is 22.1. The highest BCUT2D eigenvalue weighted by molar-refractivity contribution is 6.06. The second-order valence-corrected chi connectivity index (χ2v) is 11.1. The summed E-state index contributed by atoms with van der Waals surface area (Å²) >= 11 is 0. The van der Waals surface area contributed by atoms with E-state index in [0.29, 0.717) is 30.9 Å². The minimum absolute atomic E-state index is 0.273. The van der Waals surface area contributed by atoms with Gasteiger partial charge in [-0.2, -0.15) is 4.98 Å². The fourth-order valence-electron chi connectivity index (χ4n) is 5.45. The topological polar surface area (TPSA) is 98.1 Å². The molecule has 6 rings (SSSR count). The first-order valence-electron chi connectivity index (χ1n) is 13.4. The second kappa shape index (κ2) is 9.70. The SMILES string of the molecule is CC(C)(C)OC(=O)N1CC=C(c2ccc(Nc3ncc4c5ccncc5n(C5CCCC5)c4n3)nc2)CC1. The molecule has 9 heteroatoms. The van der Waals surface area contributed by atoms with Gasteiger partial charge < -0.3 is 19.5 Å². The first kappa shape index (κ1) is 24.3. The summed E-state index contributed by atoms with van der Waals surface area (Å²) in [6.07, 6.45) is 14.9. The van der Waals surface area contributed by atoms with E-state index in [2.05, 4.69) is 30.9 Å². The summed E-state index contributed by atoms with van der Waals surface area (Å²) in [5.74, 6) is 1.21. The van der Waals surface area contributed by atoms with Crippen LogP contribution in [0.3, 0.4) is 0 Å². The monoisotopic (exact) mass is 511 g/mol. The molecule has 4 aromatic rings.